The van der Waals surface area contributed by atoms with E-state index in [-0.39, 0.29) is 5.69 Å². The predicted octanol–water partition coefficient (Wildman–Crippen LogP) is 2.71. The SMILES string of the molecule is CC1CCN(CCOc2cccc([N+](=O)[O-])c2)CC1. The summed E-state index contributed by atoms with van der Waals surface area (Å²) in [6.45, 7) is 6.00. The van der Waals surface area contributed by atoms with Crippen molar-refractivity contribution in [2.45, 2.75) is 19.8 Å². The number of benzene rings is 1. The fourth-order valence-corrected chi connectivity index (χ4v) is 2.27. The molecule has 0 atom stereocenters. The maximum Gasteiger partial charge on any atom is 0.273 e. The van der Waals surface area contributed by atoms with E-state index < -0.39 is 4.92 Å². The molecule has 1 aliphatic heterocycles. The summed E-state index contributed by atoms with van der Waals surface area (Å²) in [6, 6.07) is 6.35. The zero-order valence-electron chi connectivity index (χ0n) is 11.2. The molecule has 1 fully saturated rings. The van der Waals surface area contributed by atoms with Crippen LogP contribution >= 0.6 is 0 Å². The first kappa shape index (κ1) is 13.8. The van der Waals surface area contributed by atoms with Gasteiger partial charge in [-0.05, 0) is 37.9 Å². The lowest BCUT2D eigenvalue weighted by molar-refractivity contribution is -0.384. The van der Waals surface area contributed by atoms with Crippen LogP contribution < -0.4 is 4.74 Å². The molecule has 0 bridgehead atoms. The average molecular weight is 264 g/mol. The Labute approximate surface area is 113 Å². The van der Waals surface area contributed by atoms with Gasteiger partial charge < -0.3 is 4.74 Å². The monoisotopic (exact) mass is 264 g/mol. The molecule has 1 saturated heterocycles. The molecule has 5 nitrogen and oxygen atoms in total. The molecule has 0 spiro atoms. The Bertz CT molecular complexity index is 428. The maximum absolute atomic E-state index is 10.6. The van der Waals surface area contributed by atoms with Crippen LogP contribution in [0.5, 0.6) is 5.75 Å². The lowest BCUT2D eigenvalue weighted by atomic mass is 9.99. The molecule has 1 aliphatic rings. The van der Waals surface area contributed by atoms with Gasteiger partial charge in [-0.3, -0.25) is 15.0 Å². The number of piperidine rings is 1. The van der Waals surface area contributed by atoms with Crippen LogP contribution in [-0.2, 0) is 0 Å². The van der Waals surface area contributed by atoms with Crippen LogP contribution in [-0.4, -0.2) is 36.1 Å². The van der Waals surface area contributed by atoms with Gasteiger partial charge in [-0.25, -0.2) is 0 Å². The highest BCUT2D eigenvalue weighted by atomic mass is 16.6. The Hall–Kier alpha value is -1.62. The molecule has 0 aliphatic carbocycles. The quantitative estimate of drug-likeness (QED) is 0.606. The van der Waals surface area contributed by atoms with Crippen molar-refractivity contribution in [1.82, 2.24) is 4.90 Å². The fraction of sp³-hybridized carbons (Fsp3) is 0.571. The van der Waals surface area contributed by atoms with Gasteiger partial charge in [0.25, 0.3) is 5.69 Å². The third-order valence-corrected chi connectivity index (χ3v) is 3.58. The summed E-state index contributed by atoms with van der Waals surface area (Å²) in [7, 11) is 0. The number of non-ortho nitro benzene ring substituents is 1. The van der Waals surface area contributed by atoms with Gasteiger partial charge >= 0.3 is 0 Å². The van der Waals surface area contributed by atoms with E-state index in [2.05, 4.69) is 11.8 Å². The van der Waals surface area contributed by atoms with Crippen LogP contribution in [0.3, 0.4) is 0 Å². The number of nitro groups is 1. The van der Waals surface area contributed by atoms with Gasteiger partial charge in [0.05, 0.1) is 11.0 Å². The lowest BCUT2D eigenvalue weighted by Crippen LogP contribution is -2.35. The Morgan fingerprint density at radius 2 is 2.16 bits per heavy atom. The van der Waals surface area contributed by atoms with Crippen molar-refractivity contribution in [2.24, 2.45) is 5.92 Å². The highest BCUT2D eigenvalue weighted by Crippen LogP contribution is 2.19. The van der Waals surface area contributed by atoms with E-state index in [1.807, 2.05) is 0 Å². The summed E-state index contributed by atoms with van der Waals surface area (Å²) < 4.78 is 5.58. The van der Waals surface area contributed by atoms with E-state index in [9.17, 15) is 10.1 Å². The summed E-state index contributed by atoms with van der Waals surface area (Å²) in [5, 5.41) is 10.6. The second kappa shape index (κ2) is 6.52. The van der Waals surface area contributed by atoms with E-state index in [0.29, 0.717) is 12.4 Å². The van der Waals surface area contributed by atoms with Crippen molar-refractivity contribution in [3.8, 4) is 5.75 Å². The summed E-state index contributed by atoms with van der Waals surface area (Å²) >= 11 is 0. The van der Waals surface area contributed by atoms with Crippen LogP contribution in [0.4, 0.5) is 5.69 Å². The molecule has 0 saturated carbocycles. The van der Waals surface area contributed by atoms with E-state index in [1.165, 1.54) is 25.0 Å². The second-order valence-corrected chi connectivity index (χ2v) is 5.13. The molecule has 0 radical (unpaired) electrons. The van der Waals surface area contributed by atoms with Gasteiger partial charge in [0.1, 0.15) is 12.4 Å². The van der Waals surface area contributed by atoms with Crippen LogP contribution in [0, 0.1) is 16.0 Å². The van der Waals surface area contributed by atoms with Crippen LogP contribution in [0.1, 0.15) is 19.8 Å². The van der Waals surface area contributed by atoms with Crippen molar-refractivity contribution in [2.75, 3.05) is 26.2 Å². The minimum absolute atomic E-state index is 0.0734. The molecule has 1 aromatic carbocycles. The standard InChI is InChI=1S/C14H20N2O3/c1-12-5-7-15(8-6-12)9-10-19-14-4-2-3-13(11-14)16(17)18/h2-4,11-12H,5-10H2,1H3. The topological polar surface area (TPSA) is 55.6 Å². The summed E-state index contributed by atoms with van der Waals surface area (Å²) in [4.78, 5) is 12.6. The third-order valence-electron chi connectivity index (χ3n) is 3.58. The van der Waals surface area contributed by atoms with Crippen LogP contribution in [0.2, 0.25) is 0 Å². The number of hydrogen-bond donors (Lipinski definition) is 0. The van der Waals surface area contributed by atoms with Gasteiger partial charge in [-0.15, -0.1) is 0 Å². The van der Waals surface area contributed by atoms with E-state index in [1.54, 1.807) is 12.1 Å². The highest BCUT2D eigenvalue weighted by molar-refractivity contribution is 5.37. The Kier molecular flexibility index (Phi) is 4.74. The number of nitro benzene ring substituents is 1. The number of ether oxygens (including phenoxy) is 1. The molecule has 0 aromatic heterocycles. The van der Waals surface area contributed by atoms with Crippen molar-refractivity contribution in [3.63, 3.8) is 0 Å². The van der Waals surface area contributed by atoms with E-state index in [0.717, 1.165) is 25.6 Å². The molecule has 5 heteroatoms. The van der Waals surface area contributed by atoms with Crippen molar-refractivity contribution >= 4 is 5.69 Å². The molecule has 0 amide bonds. The molecular formula is C14H20N2O3. The number of hydrogen-bond acceptors (Lipinski definition) is 4. The van der Waals surface area contributed by atoms with E-state index in [4.69, 9.17) is 4.74 Å². The van der Waals surface area contributed by atoms with Gasteiger partial charge in [0.15, 0.2) is 0 Å². The van der Waals surface area contributed by atoms with Gasteiger partial charge in [0, 0.05) is 12.6 Å². The molecule has 1 aromatic rings. The van der Waals surface area contributed by atoms with Crippen LogP contribution in [0.25, 0.3) is 0 Å². The smallest absolute Gasteiger partial charge is 0.273 e. The van der Waals surface area contributed by atoms with Crippen molar-refractivity contribution < 1.29 is 9.66 Å². The Morgan fingerprint density at radius 1 is 1.42 bits per heavy atom. The van der Waals surface area contributed by atoms with E-state index >= 15 is 0 Å². The average Bonchev–Trinajstić information content (AvgIpc) is 2.41. The number of nitrogens with zero attached hydrogens (tertiary/aromatic N) is 2. The zero-order valence-corrected chi connectivity index (χ0v) is 11.2. The third kappa shape index (κ3) is 4.21. The van der Waals surface area contributed by atoms with Gasteiger partial charge in [-0.1, -0.05) is 13.0 Å². The van der Waals surface area contributed by atoms with Gasteiger partial charge in [-0.2, -0.15) is 0 Å². The fourth-order valence-electron chi connectivity index (χ4n) is 2.27. The molecule has 2 rings (SSSR count). The molecule has 0 N–H and O–H groups in total. The first-order valence-electron chi connectivity index (χ1n) is 6.75. The largest absolute Gasteiger partial charge is 0.492 e. The number of rotatable bonds is 5. The maximum atomic E-state index is 10.6. The summed E-state index contributed by atoms with van der Waals surface area (Å²) in [5.74, 6) is 1.40. The number of likely N-dealkylation sites (tertiary alicyclic amines) is 1. The molecule has 0 unspecified atom stereocenters. The van der Waals surface area contributed by atoms with Gasteiger partial charge in [0.2, 0.25) is 0 Å². The van der Waals surface area contributed by atoms with Crippen molar-refractivity contribution in [3.05, 3.63) is 34.4 Å². The summed E-state index contributed by atoms with van der Waals surface area (Å²) in [6.07, 6.45) is 2.49. The normalized spacial score (nSPS) is 17.3. The predicted molar refractivity (Wildman–Crippen MR) is 73.4 cm³/mol. The second-order valence-electron chi connectivity index (χ2n) is 5.13. The highest BCUT2D eigenvalue weighted by Gasteiger charge is 2.15. The van der Waals surface area contributed by atoms with Crippen molar-refractivity contribution in [1.29, 1.82) is 0 Å². The lowest BCUT2D eigenvalue weighted by Gasteiger charge is -2.29. The molecule has 1 heterocycles. The Morgan fingerprint density at radius 3 is 2.84 bits per heavy atom. The first-order valence-corrected chi connectivity index (χ1v) is 6.75. The molecule has 104 valence electrons. The minimum atomic E-state index is -0.404. The zero-order chi connectivity index (χ0) is 13.7. The Balaban J connectivity index is 1.76. The summed E-state index contributed by atoms with van der Waals surface area (Å²) in [5.41, 5.74) is 0.0734. The molecular weight excluding hydrogens is 244 g/mol. The molecule has 19 heavy (non-hydrogen) atoms. The van der Waals surface area contributed by atoms with Crippen LogP contribution in [0.15, 0.2) is 24.3 Å². The first-order chi connectivity index (χ1) is 9.15. The minimum Gasteiger partial charge on any atom is -0.492 e.